The van der Waals surface area contributed by atoms with Crippen LogP contribution in [0.4, 0.5) is 0 Å². The quantitative estimate of drug-likeness (QED) is 0.353. The molecular formula is C20H45N2O6+. The molecule has 1 aliphatic rings. The van der Waals surface area contributed by atoms with Gasteiger partial charge in [0.05, 0.1) is 52.7 Å². The predicted octanol–water partition coefficient (Wildman–Crippen LogP) is -0.115. The van der Waals surface area contributed by atoms with E-state index in [0.717, 1.165) is 17.4 Å². The second kappa shape index (κ2) is 13.1. The maximum atomic E-state index is 9.31. The molecule has 28 heavy (non-hydrogen) atoms. The molecule has 1 aliphatic heterocycles. The van der Waals surface area contributed by atoms with Gasteiger partial charge in [-0.1, -0.05) is 13.8 Å². The highest BCUT2D eigenvalue weighted by atomic mass is 16.7. The van der Waals surface area contributed by atoms with E-state index in [0.29, 0.717) is 32.2 Å². The zero-order valence-corrected chi connectivity index (χ0v) is 19.0. The lowest BCUT2D eigenvalue weighted by Gasteiger charge is -2.33. The minimum absolute atomic E-state index is 0.0379. The Morgan fingerprint density at radius 2 is 1.68 bits per heavy atom. The van der Waals surface area contributed by atoms with Gasteiger partial charge < -0.3 is 39.3 Å². The molecule has 0 aromatic carbocycles. The maximum Gasteiger partial charge on any atom is 0.163 e. The predicted molar refractivity (Wildman–Crippen MR) is 110 cm³/mol. The lowest BCUT2D eigenvalue weighted by atomic mass is 10.1. The minimum atomic E-state index is -0.690. The van der Waals surface area contributed by atoms with Crippen molar-refractivity contribution in [3.05, 3.63) is 0 Å². The standard InChI is InChI=1S/C10H21NO4.C10H24NO2/c1-10(2)14-7-9(15-10)5-11(3)4-8(13)6-12;1-5-9(2)6-11(3,4)7-10(13)8-12/h8-9,12-13H,4-7H2,1-3H3;9-10,12-13H,5-8H2,1-4H3/q;+1. The zero-order valence-electron chi connectivity index (χ0n) is 19.0. The van der Waals surface area contributed by atoms with Crippen LogP contribution in [0.5, 0.6) is 0 Å². The Hall–Kier alpha value is -0.320. The largest absolute Gasteiger partial charge is 0.394 e. The van der Waals surface area contributed by atoms with Crippen molar-refractivity contribution >= 4 is 0 Å². The van der Waals surface area contributed by atoms with Crippen LogP contribution >= 0.6 is 0 Å². The van der Waals surface area contributed by atoms with Gasteiger partial charge >= 0.3 is 0 Å². The first-order valence-electron chi connectivity index (χ1n) is 10.2. The molecule has 1 fully saturated rings. The molecular weight excluding hydrogens is 364 g/mol. The van der Waals surface area contributed by atoms with Gasteiger partial charge in [-0.2, -0.15) is 0 Å². The molecule has 0 spiro atoms. The van der Waals surface area contributed by atoms with Crippen molar-refractivity contribution in [2.75, 3.05) is 67.1 Å². The lowest BCUT2D eigenvalue weighted by Crippen LogP contribution is -2.48. The Labute approximate surface area is 171 Å². The van der Waals surface area contributed by atoms with Gasteiger partial charge in [-0.15, -0.1) is 0 Å². The molecule has 1 rings (SSSR count). The summed E-state index contributed by atoms with van der Waals surface area (Å²) in [5.41, 5.74) is 0. The molecule has 4 atom stereocenters. The lowest BCUT2D eigenvalue weighted by molar-refractivity contribution is -0.896. The summed E-state index contributed by atoms with van der Waals surface area (Å²) in [4.78, 5) is 1.93. The third-order valence-corrected chi connectivity index (χ3v) is 4.73. The van der Waals surface area contributed by atoms with Crippen LogP contribution in [0, 0.1) is 5.92 Å². The first-order chi connectivity index (χ1) is 12.8. The van der Waals surface area contributed by atoms with Gasteiger partial charge in [0, 0.05) is 19.0 Å². The van der Waals surface area contributed by atoms with Crippen molar-refractivity contribution in [1.82, 2.24) is 4.90 Å². The summed E-state index contributed by atoms with van der Waals surface area (Å²) in [5, 5.41) is 36.0. The molecule has 1 heterocycles. The Bertz CT molecular complexity index is 394. The van der Waals surface area contributed by atoms with Gasteiger partial charge in [-0.3, -0.25) is 0 Å². The van der Waals surface area contributed by atoms with Crippen LogP contribution in [0.25, 0.3) is 0 Å². The third-order valence-electron chi connectivity index (χ3n) is 4.73. The zero-order chi connectivity index (χ0) is 22.0. The van der Waals surface area contributed by atoms with Gasteiger partial charge in [-0.25, -0.2) is 0 Å². The van der Waals surface area contributed by atoms with Gasteiger partial charge in [0.25, 0.3) is 0 Å². The Morgan fingerprint density at radius 1 is 1.11 bits per heavy atom. The molecule has 4 N–H and O–H groups in total. The van der Waals surface area contributed by atoms with E-state index >= 15 is 0 Å². The molecule has 1 saturated heterocycles. The van der Waals surface area contributed by atoms with Crippen molar-refractivity contribution in [2.24, 2.45) is 5.92 Å². The molecule has 170 valence electrons. The number of ether oxygens (including phenoxy) is 2. The summed E-state index contributed by atoms with van der Waals surface area (Å²) in [6.45, 7) is 11.2. The minimum Gasteiger partial charge on any atom is -0.394 e. The van der Waals surface area contributed by atoms with E-state index in [1.807, 2.05) is 25.8 Å². The topological polar surface area (TPSA) is 103 Å². The Morgan fingerprint density at radius 3 is 2.11 bits per heavy atom. The molecule has 0 aliphatic carbocycles. The van der Waals surface area contributed by atoms with E-state index < -0.39 is 18.0 Å². The molecule has 4 unspecified atom stereocenters. The fourth-order valence-electron chi connectivity index (χ4n) is 3.37. The monoisotopic (exact) mass is 409 g/mol. The number of likely N-dealkylation sites (N-methyl/N-ethyl adjacent to an activating group) is 2. The number of nitrogens with zero attached hydrogens (tertiary/aromatic N) is 2. The van der Waals surface area contributed by atoms with E-state index in [1.54, 1.807) is 0 Å². The Kier molecular flexibility index (Phi) is 12.9. The number of hydrogen-bond donors (Lipinski definition) is 4. The highest BCUT2D eigenvalue weighted by Crippen LogP contribution is 2.22. The van der Waals surface area contributed by atoms with Crippen molar-refractivity contribution < 1.29 is 34.4 Å². The van der Waals surface area contributed by atoms with Crippen molar-refractivity contribution in [3.8, 4) is 0 Å². The highest BCUT2D eigenvalue weighted by Gasteiger charge is 2.33. The Balaban J connectivity index is 0.000000528. The average molecular weight is 410 g/mol. The van der Waals surface area contributed by atoms with E-state index in [1.165, 1.54) is 0 Å². The second-order valence-corrected chi connectivity index (χ2v) is 9.16. The molecule has 0 aromatic rings. The number of quaternary nitrogens is 1. The van der Waals surface area contributed by atoms with Gasteiger partial charge in [0.2, 0.25) is 0 Å². The van der Waals surface area contributed by atoms with Crippen LogP contribution in [0.3, 0.4) is 0 Å². The van der Waals surface area contributed by atoms with Gasteiger partial charge in [0.15, 0.2) is 5.79 Å². The van der Waals surface area contributed by atoms with Crippen LogP contribution in [-0.4, -0.2) is 121 Å². The molecule has 8 heteroatoms. The van der Waals surface area contributed by atoms with Crippen molar-refractivity contribution in [2.45, 2.75) is 58.2 Å². The van der Waals surface area contributed by atoms with Gasteiger partial charge in [-0.05, 0) is 27.3 Å². The molecule has 0 radical (unpaired) electrons. The summed E-state index contributed by atoms with van der Waals surface area (Å²) in [5.74, 6) is 0.169. The summed E-state index contributed by atoms with van der Waals surface area (Å²) in [6, 6.07) is 0. The van der Waals surface area contributed by atoms with Crippen LogP contribution in [0.1, 0.15) is 34.1 Å². The first-order valence-corrected chi connectivity index (χ1v) is 10.2. The molecule has 0 saturated carbocycles. The van der Waals surface area contributed by atoms with E-state index in [4.69, 9.17) is 19.7 Å². The molecule has 0 bridgehead atoms. The van der Waals surface area contributed by atoms with Crippen molar-refractivity contribution in [1.29, 1.82) is 0 Å². The van der Waals surface area contributed by atoms with E-state index in [2.05, 4.69) is 27.9 Å². The number of rotatable bonds is 11. The first kappa shape index (κ1) is 27.7. The second-order valence-electron chi connectivity index (χ2n) is 9.16. The SMILES string of the molecule is CCC(C)C[N+](C)(C)CC(O)CO.CN(CC(O)CO)CC1COC(C)(C)O1. The molecule has 0 amide bonds. The number of hydrogen-bond acceptors (Lipinski definition) is 7. The summed E-state index contributed by atoms with van der Waals surface area (Å²) < 4.78 is 11.8. The van der Waals surface area contributed by atoms with Crippen LogP contribution in [-0.2, 0) is 9.47 Å². The fourth-order valence-corrected chi connectivity index (χ4v) is 3.37. The highest BCUT2D eigenvalue weighted by molar-refractivity contribution is 4.74. The number of aliphatic hydroxyl groups is 4. The van der Waals surface area contributed by atoms with Crippen LogP contribution < -0.4 is 0 Å². The van der Waals surface area contributed by atoms with Gasteiger partial charge in [0.1, 0.15) is 12.6 Å². The van der Waals surface area contributed by atoms with E-state index in [-0.39, 0.29) is 19.3 Å². The number of aliphatic hydroxyl groups excluding tert-OH is 4. The third kappa shape index (κ3) is 13.0. The molecule has 8 nitrogen and oxygen atoms in total. The van der Waals surface area contributed by atoms with E-state index in [9.17, 15) is 10.2 Å². The molecule has 0 aromatic heterocycles. The average Bonchev–Trinajstić information content (AvgIpc) is 2.92. The smallest absolute Gasteiger partial charge is 0.163 e. The van der Waals surface area contributed by atoms with Crippen molar-refractivity contribution in [3.63, 3.8) is 0 Å². The fraction of sp³-hybridized carbons (Fsp3) is 1.00. The maximum absolute atomic E-state index is 9.31. The van der Waals surface area contributed by atoms with Crippen LogP contribution in [0.2, 0.25) is 0 Å². The normalized spacial score (nSPS) is 22.5. The summed E-state index contributed by atoms with van der Waals surface area (Å²) >= 11 is 0. The summed E-state index contributed by atoms with van der Waals surface area (Å²) in [6.07, 6.45) is -0.0723. The van der Waals surface area contributed by atoms with Crippen LogP contribution in [0.15, 0.2) is 0 Å². The summed E-state index contributed by atoms with van der Waals surface area (Å²) in [7, 11) is 6.06.